The topological polar surface area (TPSA) is 29.3 Å². The lowest BCUT2D eigenvalue weighted by Crippen LogP contribution is -2.47. The molecule has 2 N–H and O–H groups in total. The molecule has 20 heavy (non-hydrogen) atoms. The molecule has 2 aliphatic rings. The molecule has 1 saturated carbocycles. The summed E-state index contributed by atoms with van der Waals surface area (Å²) < 4.78 is 0. The Kier molecular flexibility index (Phi) is 3.97. The number of thiocarbonyl (C=S) groups is 1. The van der Waals surface area contributed by atoms with Crippen molar-refractivity contribution >= 4 is 22.9 Å². The normalized spacial score (nSPS) is 26.1. The van der Waals surface area contributed by atoms with Crippen molar-refractivity contribution in [1.82, 2.24) is 0 Å². The van der Waals surface area contributed by atoms with E-state index in [1.165, 1.54) is 49.8 Å². The molecule has 0 aromatic heterocycles. The highest BCUT2D eigenvalue weighted by molar-refractivity contribution is 7.80. The molecule has 1 aliphatic carbocycles. The van der Waals surface area contributed by atoms with Gasteiger partial charge < -0.3 is 10.6 Å². The van der Waals surface area contributed by atoms with Gasteiger partial charge in [-0.2, -0.15) is 0 Å². The molecule has 0 spiro atoms. The van der Waals surface area contributed by atoms with Crippen LogP contribution in [0.4, 0.5) is 5.69 Å². The van der Waals surface area contributed by atoms with Crippen molar-refractivity contribution in [2.45, 2.75) is 51.5 Å². The van der Waals surface area contributed by atoms with Crippen molar-refractivity contribution in [3.05, 3.63) is 29.3 Å². The van der Waals surface area contributed by atoms with Crippen LogP contribution in [0.15, 0.2) is 18.2 Å². The second kappa shape index (κ2) is 5.72. The van der Waals surface area contributed by atoms with Crippen molar-refractivity contribution in [2.75, 3.05) is 11.4 Å². The highest BCUT2D eigenvalue weighted by Crippen LogP contribution is 2.38. The molecule has 1 aromatic carbocycles. The third-order valence-electron chi connectivity index (χ3n) is 4.97. The molecular formula is C17H24N2S. The average molecular weight is 288 g/mol. The van der Waals surface area contributed by atoms with Gasteiger partial charge in [-0.25, -0.2) is 0 Å². The Morgan fingerprint density at radius 1 is 1.20 bits per heavy atom. The minimum atomic E-state index is 0.529. The zero-order chi connectivity index (χ0) is 14.1. The zero-order valence-electron chi connectivity index (χ0n) is 12.3. The summed E-state index contributed by atoms with van der Waals surface area (Å²) in [5, 5.41) is 0. The van der Waals surface area contributed by atoms with Gasteiger partial charge >= 0.3 is 0 Å². The largest absolute Gasteiger partial charge is 0.389 e. The van der Waals surface area contributed by atoms with Gasteiger partial charge in [0, 0.05) is 23.8 Å². The Labute approximate surface area is 127 Å². The molecule has 0 radical (unpaired) electrons. The Morgan fingerprint density at radius 2 is 1.95 bits per heavy atom. The first-order chi connectivity index (χ1) is 9.66. The van der Waals surface area contributed by atoms with Crippen LogP contribution in [-0.2, 0) is 0 Å². The van der Waals surface area contributed by atoms with Crippen LogP contribution in [0.3, 0.4) is 0 Å². The van der Waals surface area contributed by atoms with E-state index in [9.17, 15) is 0 Å². The maximum atomic E-state index is 5.96. The Hall–Kier alpha value is -1.09. The number of aryl methyl sites for hydroxylation is 1. The number of hydrogen-bond acceptors (Lipinski definition) is 2. The molecule has 3 heteroatoms. The number of hydrogen-bond donors (Lipinski definition) is 1. The summed E-state index contributed by atoms with van der Waals surface area (Å²) in [6, 6.07) is 7.25. The van der Waals surface area contributed by atoms with Crippen molar-refractivity contribution in [3.63, 3.8) is 0 Å². The molecule has 108 valence electrons. The van der Waals surface area contributed by atoms with E-state index in [1.807, 2.05) is 0 Å². The van der Waals surface area contributed by atoms with Crippen LogP contribution in [0.1, 0.15) is 49.7 Å². The molecule has 1 saturated heterocycles. The van der Waals surface area contributed by atoms with Crippen LogP contribution < -0.4 is 10.6 Å². The summed E-state index contributed by atoms with van der Waals surface area (Å²) in [5.74, 6) is 0.873. The standard InChI is InChI=1S/C17H24N2S/c1-12-8-9-16(14(11-12)17(18)20)19-10-4-6-13-5-2-3-7-15(13)19/h8-9,11,13,15H,2-7,10H2,1H3,(H2,18,20). The molecule has 3 rings (SSSR count). The van der Waals surface area contributed by atoms with E-state index < -0.39 is 0 Å². The Bertz CT molecular complexity index is 510. The Morgan fingerprint density at radius 3 is 2.75 bits per heavy atom. The molecule has 0 amide bonds. The molecule has 2 unspecified atom stereocenters. The van der Waals surface area contributed by atoms with Crippen LogP contribution in [0.2, 0.25) is 0 Å². The van der Waals surface area contributed by atoms with E-state index in [-0.39, 0.29) is 0 Å². The monoisotopic (exact) mass is 288 g/mol. The van der Waals surface area contributed by atoms with Crippen LogP contribution in [0.5, 0.6) is 0 Å². The molecule has 2 nitrogen and oxygen atoms in total. The fourth-order valence-electron chi connectivity index (χ4n) is 4.02. The molecule has 1 heterocycles. The molecular weight excluding hydrogens is 264 g/mol. The maximum Gasteiger partial charge on any atom is 0.106 e. The predicted octanol–water partition coefficient (Wildman–Crippen LogP) is 3.79. The van der Waals surface area contributed by atoms with Crippen molar-refractivity contribution in [1.29, 1.82) is 0 Å². The van der Waals surface area contributed by atoms with Crippen LogP contribution in [0.25, 0.3) is 0 Å². The maximum absolute atomic E-state index is 5.96. The zero-order valence-corrected chi connectivity index (χ0v) is 13.1. The highest BCUT2D eigenvalue weighted by Gasteiger charge is 2.34. The fourth-order valence-corrected chi connectivity index (χ4v) is 4.19. The predicted molar refractivity (Wildman–Crippen MR) is 89.4 cm³/mol. The average Bonchev–Trinajstić information content (AvgIpc) is 2.46. The summed E-state index contributed by atoms with van der Waals surface area (Å²) in [6.45, 7) is 3.25. The van der Waals surface area contributed by atoms with Crippen molar-refractivity contribution < 1.29 is 0 Å². The van der Waals surface area contributed by atoms with Gasteiger partial charge in [-0.1, -0.05) is 36.7 Å². The lowest BCUT2D eigenvalue weighted by atomic mass is 9.78. The van der Waals surface area contributed by atoms with Gasteiger partial charge in [-0.15, -0.1) is 0 Å². The number of anilines is 1. The highest BCUT2D eigenvalue weighted by atomic mass is 32.1. The smallest absolute Gasteiger partial charge is 0.106 e. The van der Waals surface area contributed by atoms with Crippen LogP contribution >= 0.6 is 12.2 Å². The van der Waals surface area contributed by atoms with Gasteiger partial charge in [0.25, 0.3) is 0 Å². The first-order valence-electron chi connectivity index (χ1n) is 7.84. The van der Waals surface area contributed by atoms with Crippen LogP contribution in [-0.4, -0.2) is 17.6 Å². The number of fused-ring (bicyclic) bond motifs is 1. The molecule has 1 aliphatic heterocycles. The second-order valence-electron chi connectivity index (χ2n) is 6.33. The summed E-state index contributed by atoms with van der Waals surface area (Å²) >= 11 is 5.28. The van der Waals surface area contributed by atoms with Crippen LogP contribution in [0, 0.1) is 12.8 Å². The lowest BCUT2D eigenvalue weighted by Gasteiger charge is -2.46. The van der Waals surface area contributed by atoms with Gasteiger partial charge in [-0.3, -0.25) is 0 Å². The minimum absolute atomic E-state index is 0.529. The summed E-state index contributed by atoms with van der Waals surface area (Å²) in [6.07, 6.45) is 8.20. The third kappa shape index (κ3) is 2.56. The van der Waals surface area contributed by atoms with Gasteiger partial charge in [0.2, 0.25) is 0 Å². The first-order valence-corrected chi connectivity index (χ1v) is 8.25. The summed E-state index contributed by atoms with van der Waals surface area (Å²) in [5.41, 5.74) is 9.52. The van der Waals surface area contributed by atoms with Gasteiger partial charge in [0.15, 0.2) is 0 Å². The van der Waals surface area contributed by atoms with E-state index in [2.05, 4.69) is 30.0 Å². The first kappa shape index (κ1) is 13.9. The van der Waals surface area contributed by atoms with E-state index in [0.717, 1.165) is 18.0 Å². The molecule has 1 aromatic rings. The molecule has 2 fully saturated rings. The number of rotatable bonds is 2. The minimum Gasteiger partial charge on any atom is -0.389 e. The Balaban J connectivity index is 1.96. The number of benzene rings is 1. The number of piperidine rings is 1. The van der Waals surface area contributed by atoms with E-state index in [1.54, 1.807) is 0 Å². The summed E-state index contributed by atoms with van der Waals surface area (Å²) in [4.78, 5) is 3.13. The van der Waals surface area contributed by atoms with Crippen molar-refractivity contribution in [2.24, 2.45) is 11.7 Å². The number of nitrogens with two attached hydrogens (primary N) is 1. The van der Waals surface area contributed by atoms with Crippen molar-refractivity contribution in [3.8, 4) is 0 Å². The summed E-state index contributed by atoms with van der Waals surface area (Å²) in [7, 11) is 0. The quantitative estimate of drug-likeness (QED) is 0.840. The molecule has 2 atom stereocenters. The van der Waals surface area contributed by atoms with E-state index in [0.29, 0.717) is 11.0 Å². The second-order valence-corrected chi connectivity index (χ2v) is 6.77. The van der Waals surface area contributed by atoms with Gasteiger partial charge in [0.05, 0.1) is 0 Å². The third-order valence-corrected chi connectivity index (χ3v) is 5.19. The van der Waals surface area contributed by atoms with Gasteiger partial charge in [-0.05, 0) is 50.7 Å². The van der Waals surface area contributed by atoms with Gasteiger partial charge in [0.1, 0.15) is 4.99 Å². The fraction of sp³-hybridized carbons (Fsp3) is 0.588. The SMILES string of the molecule is Cc1ccc(N2CCCC3CCCCC32)c(C(N)=S)c1. The lowest BCUT2D eigenvalue weighted by molar-refractivity contribution is 0.244. The van der Waals surface area contributed by atoms with E-state index >= 15 is 0 Å². The molecule has 0 bridgehead atoms. The van der Waals surface area contributed by atoms with E-state index in [4.69, 9.17) is 18.0 Å². The number of nitrogens with zero attached hydrogens (tertiary/aromatic N) is 1.